The van der Waals surface area contributed by atoms with Crippen molar-refractivity contribution >= 4 is 23.6 Å². The number of nitrogens with one attached hydrogen (secondary N) is 1. The van der Waals surface area contributed by atoms with E-state index in [2.05, 4.69) is 5.32 Å². The van der Waals surface area contributed by atoms with Gasteiger partial charge in [-0.3, -0.25) is 9.59 Å². The first-order chi connectivity index (χ1) is 15.6. The van der Waals surface area contributed by atoms with Crippen LogP contribution >= 0.6 is 11.8 Å². The highest BCUT2D eigenvalue weighted by molar-refractivity contribution is 7.99. The third-order valence-corrected chi connectivity index (χ3v) is 6.13. The number of likely N-dealkylation sites (N-methyl/N-ethyl adjacent to an activating group) is 1. The Balaban J connectivity index is 1.80. The standard InChI is InChI=1S/C26H27FN2O2S/c1-28-26(31)24(18-20-8-4-2-5-9-20)29(19-21-12-14-22(27)15-13-21)25(30)16-17-32-23-10-6-3-7-11-23/h2-15,24H,16-19H2,1H3,(H,28,31). The molecule has 6 heteroatoms. The number of carbonyl (C=O) groups excluding carboxylic acids is 2. The molecule has 0 bridgehead atoms. The van der Waals surface area contributed by atoms with Crippen LogP contribution in [0.4, 0.5) is 4.39 Å². The second kappa shape index (κ2) is 12.1. The van der Waals surface area contributed by atoms with E-state index < -0.39 is 6.04 Å². The molecule has 0 aliphatic heterocycles. The van der Waals surface area contributed by atoms with E-state index in [0.29, 0.717) is 18.6 Å². The lowest BCUT2D eigenvalue weighted by atomic mass is 10.0. The zero-order chi connectivity index (χ0) is 22.8. The van der Waals surface area contributed by atoms with E-state index in [-0.39, 0.29) is 24.2 Å². The molecule has 4 nitrogen and oxygen atoms in total. The number of rotatable bonds is 10. The number of thioether (sulfide) groups is 1. The van der Waals surface area contributed by atoms with Gasteiger partial charge in [0.2, 0.25) is 11.8 Å². The minimum atomic E-state index is -0.665. The monoisotopic (exact) mass is 450 g/mol. The zero-order valence-corrected chi connectivity index (χ0v) is 18.9. The van der Waals surface area contributed by atoms with Crippen LogP contribution < -0.4 is 5.32 Å². The van der Waals surface area contributed by atoms with Gasteiger partial charge in [0.15, 0.2) is 0 Å². The Morgan fingerprint density at radius 1 is 0.906 bits per heavy atom. The molecule has 0 aliphatic carbocycles. The number of hydrogen-bond acceptors (Lipinski definition) is 3. The number of amides is 2. The van der Waals surface area contributed by atoms with Crippen LogP contribution in [-0.4, -0.2) is 35.6 Å². The van der Waals surface area contributed by atoms with Crippen LogP contribution in [0.1, 0.15) is 17.5 Å². The molecule has 1 N–H and O–H groups in total. The van der Waals surface area contributed by atoms with Crippen LogP contribution in [0.5, 0.6) is 0 Å². The van der Waals surface area contributed by atoms with Crippen LogP contribution in [0, 0.1) is 5.82 Å². The van der Waals surface area contributed by atoms with Gasteiger partial charge in [-0.1, -0.05) is 60.7 Å². The fourth-order valence-electron chi connectivity index (χ4n) is 3.42. The van der Waals surface area contributed by atoms with Gasteiger partial charge in [-0.15, -0.1) is 11.8 Å². The Morgan fingerprint density at radius 3 is 2.16 bits per heavy atom. The van der Waals surface area contributed by atoms with Crippen molar-refractivity contribution in [2.75, 3.05) is 12.8 Å². The number of hydrogen-bond donors (Lipinski definition) is 1. The Bertz CT molecular complexity index is 997. The topological polar surface area (TPSA) is 49.4 Å². The Kier molecular flexibility index (Phi) is 8.87. The Labute approximate surface area is 192 Å². The third kappa shape index (κ3) is 6.95. The molecule has 166 valence electrons. The van der Waals surface area contributed by atoms with Crippen molar-refractivity contribution < 1.29 is 14.0 Å². The molecular formula is C26H27FN2O2S. The maximum Gasteiger partial charge on any atom is 0.242 e. The number of halogens is 1. The lowest BCUT2D eigenvalue weighted by Gasteiger charge is -2.31. The maximum absolute atomic E-state index is 13.4. The summed E-state index contributed by atoms with van der Waals surface area (Å²) in [6.07, 6.45) is 0.697. The third-order valence-electron chi connectivity index (χ3n) is 5.11. The maximum atomic E-state index is 13.4. The predicted molar refractivity (Wildman–Crippen MR) is 127 cm³/mol. The molecule has 0 spiro atoms. The molecule has 1 unspecified atom stereocenters. The largest absolute Gasteiger partial charge is 0.357 e. The minimum Gasteiger partial charge on any atom is -0.357 e. The molecule has 3 aromatic rings. The van der Waals surface area contributed by atoms with Crippen LogP contribution in [0.2, 0.25) is 0 Å². The van der Waals surface area contributed by atoms with Crippen molar-refractivity contribution in [2.45, 2.75) is 30.3 Å². The van der Waals surface area contributed by atoms with Crippen molar-refractivity contribution in [3.05, 3.63) is 102 Å². The minimum absolute atomic E-state index is 0.109. The second-order valence-electron chi connectivity index (χ2n) is 7.38. The molecule has 3 aromatic carbocycles. The smallest absolute Gasteiger partial charge is 0.242 e. The first kappa shape index (κ1) is 23.5. The molecule has 0 heterocycles. The molecule has 0 radical (unpaired) electrons. The summed E-state index contributed by atoms with van der Waals surface area (Å²) in [5.41, 5.74) is 1.74. The van der Waals surface area contributed by atoms with Crippen LogP contribution in [0.3, 0.4) is 0 Å². The van der Waals surface area contributed by atoms with E-state index in [9.17, 15) is 14.0 Å². The summed E-state index contributed by atoms with van der Waals surface area (Å²) in [7, 11) is 1.58. The summed E-state index contributed by atoms with van der Waals surface area (Å²) in [6, 6.07) is 24.9. The molecule has 0 saturated carbocycles. The summed E-state index contributed by atoms with van der Waals surface area (Å²) in [5, 5.41) is 2.70. The van der Waals surface area contributed by atoms with Crippen molar-refractivity contribution in [1.82, 2.24) is 10.2 Å². The van der Waals surface area contributed by atoms with Gasteiger partial charge in [-0.05, 0) is 35.4 Å². The molecule has 1 atom stereocenters. The van der Waals surface area contributed by atoms with E-state index >= 15 is 0 Å². The normalized spacial score (nSPS) is 11.6. The number of benzene rings is 3. The fourth-order valence-corrected chi connectivity index (χ4v) is 4.29. The SMILES string of the molecule is CNC(=O)C(Cc1ccccc1)N(Cc1ccc(F)cc1)C(=O)CCSc1ccccc1. The molecule has 2 amide bonds. The van der Waals surface area contributed by atoms with E-state index in [1.54, 1.807) is 35.8 Å². The summed E-state index contributed by atoms with van der Waals surface area (Å²) < 4.78 is 13.4. The highest BCUT2D eigenvalue weighted by Gasteiger charge is 2.29. The Morgan fingerprint density at radius 2 is 1.53 bits per heavy atom. The van der Waals surface area contributed by atoms with Crippen LogP contribution in [0.25, 0.3) is 0 Å². The zero-order valence-electron chi connectivity index (χ0n) is 18.0. The van der Waals surface area contributed by atoms with Gasteiger partial charge in [0.05, 0.1) is 0 Å². The molecule has 3 rings (SSSR count). The van der Waals surface area contributed by atoms with Gasteiger partial charge in [0, 0.05) is 37.1 Å². The molecule has 0 saturated heterocycles. The second-order valence-corrected chi connectivity index (χ2v) is 8.55. The number of nitrogens with zero attached hydrogens (tertiary/aromatic N) is 1. The summed E-state index contributed by atoms with van der Waals surface area (Å²) in [6.45, 7) is 0.236. The predicted octanol–water partition coefficient (Wildman–Crippen LogP) is 4.69. The fraction of sp³-hybridized carbons (Fsp3) is 0.231. The highest BCUT2D eigenvalue weighted by Crippen LogP contribution is 2.20. The molecule has 0 aliphatic rings. The summed E-state index contributed by atoms with van der Waals surface area (Å²) >= 11 is 1.61. The molecular weight excluding hydrogens is 423 g/mol. The van der Waals surface area contributed by atoms with Crippen molar-refractivity contribution in [3.8, 4) is 0 Å². The van der Waals surface area contributed by atoms with E-state index in [1.807, 2.05) is 60.7 Å². The summed E-state index contributed by atoms with van der Waals surface area (Å²) in [4.78, 5) is 28.9. The molecule has 0 aromatic heterocycles. The molecule has 32 heavy (non-hydrogen) atoms. The number of carbonyl (C=O) groups is 2. The average Bonchev–Trinajstić information content (AvgIpc) is 2.83. The van der Waals surface area contributed by atoms with Crippen LogP contribution in [-0.2, 0) is 22.6 Å². The Hall–Kier alpha value is -3.12. The highest BCUT2D eigenvalue weighted by atomic mass is 32.2. The van der Waals surface area contributed by atoms with E-state index in [1.165, 1.54) is 12.1 Å². The van der Waals surface area contributed by atoms with Crippen molar-refractivity contribution in [2.24, 2.45) is 0 Å². The first-order valence-corrected chi connectivity index (χ1v) is 11.5. The first-order valence-electron chi connectivity index (χ1n) is 10.5. The lowest BCUT2D eigenvalue weighted by molar-refractivity contribution is -0.140. The lowest BCUT2D eigenvalue weighted by Crippen LogP contribution is -2.49. The van der Waals surface area contributed by atoms with E-state index in [4.69, 9.17) is 0 Å². The van der Waals surface area contributed by atoms with Crippen LogP contribution in [0.15, 0.2) is 89.8 Å². The van der Waals surface area contributed by atoms with Crippen molar-refractivity contribution in [1.29, 1.82) is 0 Å². The van der Waals surface area contributed by atoms with Gasteiger partial charge >= 0.3 is 0 Å². The summed E-state index contributed by atoms with van der Waals surface area (Å²) in [5.74, 6) is -0.0606. The van der Waals surface area contributed by atoms with Gasteiger partial charge < -0.3 is 10.2 Å². The van der Waals surface area contributed by atoms with Gasteiger partial charge in [-0.2, -0.15) is 0 Å². The average molecular weight is 451 g/mol. The van der Waals surface area contributed by atoms with Crippen molar-refractivity contribution in [3.63, 3.8) is 0 Å². The molecule has 0 fully saturated rings. The quantitative estimate of drug-likeness (QED) is 0.456. The van der Waals surface area contributed by atoms with E-state index in [0.717, 1.165) is 16.0 Å². The van der Waals surface area contributed by atoms with Gasteiger partial charge in [0.1, 0.15) is 11.9 Å². The van der Waals surface area contributed by atoms with Gasteiger partial charge in [-0.25, -0.2) is 4.39 Å². The van der Waals surface area contributed by atoms with Gasteiger partial charge in [0.25, 0.3) is 0 Å².